The second-order valence-electron chi connectivity index (χ2n) is 6.28. The van der Waals surface area contributed by atoms with Gasteiger partial charge < -0.3 is 10.2 Å². The minimum atomic E-state index is -0.225. The van der Waals surface area contributed by atoms with Crippen molar-refractivity contribution in [1.29, 1.82) is 0 Å². The quantitative estimate of drug-likeness (QED) is 0.502. The lowest BCUT2D eigenvalue weighted by atomic mass is 10.1. The monoisotopic (exact) mass is 374 g/mol. The molecule has 2 N–H and O–H groups in total. The van der Waals surface area contributed by atoms with Crippen LogP contribution in [-0.2, 0) is 0 Å². The van der Waals surface area contributed by atoms with Crippen molar-refractivity contribution in [3.8, 4) is 16.5 Å². The van der Waals surface area contributed by atoms with Gasteiger partial charge in [-0.25, -0.2) is 4.98 Å². The average molecular weight is 374 g/mol. The predicted molar refractivity (Wildman–Crippen MR) is 107 cm³/mol. The lowest BCUT2D eigenvalue weighted by Gasteiger charge is -2.03. The van der Waals surface area contributed by atoms with E-state index in [1.54, 1.807) is 0 Å². The fraction of sp³-hybridized carbons (Fsp3) is 0.0500. The molecule has 0 unspecified atom stereocenters. The molecule has 3 heterocycles. The summed E-state index contributed by atoms with van der Waals surface area (Å²) in [7, 11) is 0. The van der Waals surface area contributed by atoms with Crippen molar-refractivity contribution in [3.05, 3.63) is 70.4 Å². The molecule has 3 aromatic heterocycles. The molecule has 0 aliphatic heterocycles. The van der Waals surface area contributed by atoms with Gasteiger partial charge in [-0.1, -0.05) is 53.3 Å². The molecule has 132 valence electrons. The summed E-state index contributed by atoms with van der Waals surface area (Å²) < 4.78 is 8.59. The fourth-order valence-electron chi connectivity index (χ4n) is 3.01. The van der Waals surface area contributed by atoms with E-state index in [9.17, 15) is 4.79 Å². The van der Waals surface area contributed by atoms with Crippen LogP contribution in [0.5, 0.6) is 0 Å². The van der Waals surface area contributed by atoms with E-state index in [1.807, 2.05) is 55.5 Å². The Balaban J connectivity index is 1.77. The van der Waals surface area contributed by atoms with Crippen molar-refractivity contribution >= 4 is 38.5 Å². The molecule has 0 fully saturated rings. The molecule has 7 heteroatoms. The van der Waals surface area contributed by atoms with Gasteiger partial charge in [0.1, 0.15) is 11.1 Å². The SMILES string of the molecule is Cc1ccc(-c2cc(=O)c3c(N)nn(-c4nc5ccccc5s4)c3o2)cc1. The van der Waals surface area contributed by atoms with Crippen molar-refractivity contribution < 1.29 is 4.42 Å². The molecule has 27 heavy (non-hydrogen) atoms. The van der Waals surface area contributed by atoms with Crippen LogP contribution in [0.1, 0.15) is 5.56 Å². The Morgan fingerprint density at radius 1 is 1.11 bits per heavy atom. The van der Waals surface area contributed by atoms with E-state index in [1.165, 1.54) is 22.1 Å². The smallest absolute Gasteiger partial charge is 0.238 e. The van der Waals surface area contributed by atoms with Gasteiger partial charge in [0, 0.05) is 11.6 Å². The number of anilines is 1. The lowest BCUT2D eigenvalue weighted by molar-refractivity contribution is 0.587. The van der Waals surface area contributed by atoms with Gasteiger partial charge in [0.15, 0.2) is 11.2 Å². The molecule has 0 amide bonds. The zero-order chi connectivity index (χ0) is 18.5. The van der Waals surface area contributed by atoms with Gasteiger partial charge in [0.2, 0.25) is 10.8 Å². The minimum Gasteiger partial charge on any atom is -0.437 e. The van der Waals surface area contributed by atoms with E-state index >= 15 is 0 Å². The Morgan fingerprint density at radius 2 is 1.89 bits per heavy atom. The molecular weight excluding hydrogens is 360 g/mol. The Morgan fingerprint density at radius 3 is 2.67 bits per heavy atom. The van der Waals surface area contributed by atoms with E-state index in [0.717, 1.165) is 21.3 Å². The van der Waals surface area contributed by atoms with E-state index in [4.69, 9.17) is 10.2 Å². The van der Waals surface area contributed by atoms with Crippen LogP contribution in [0, 0.1) is 6.92 Å². The van der Waals surface area contributed by atoms with Crippen LogP contribution < -0.4 is 11.2 Å². The Bertz CT molecular complexity index is 1330. The number of nitrogens with two attached hydrogens (primary N) is 1. The summed E-state index contributed by atoms with van der Waals surface area (Å²) in [5.74, 6) is 0.600. The lowest BCUT2D eigenvalue weighted by Crippen LogP contribution is -2.02. The third kappa shape index (κ3) is 2.51. The number of aromatic nitrogens is 3. The first-order valence-electron chi connectivity index (χ1n) is 8.35. The molecule has 0 radical (unpaired) electrons. The summed E-state index contributed by atoms with van der Waals surface area (Å²) in [5, 5.41) is 5.18. The highest BCUT2D eigenvalue weighted by molar-refractivity contribution is 7.20. The van der Waals surface area contributed by atoms with Crippen LogP contribution in [0.4, 0.5) is 5.82 Å². The maximum absolute atomic E-state index is 12.7. The van der Waals surface area contributed by atoms with Crippen molar-refractivity contribution in [2.75, 3.05) is 5.73 Å². The molecule has 5 aromatic rings. The summed E-state index contributed by atoms with van der Waals surface area (Å²) in [6, 6.07) is 17.0. The molecule has 0 spiro atoms. The Labute approximate surface area is 157 Å². The first kappa shape index (κ1) is 15.8. The zero-order valence-corrected chi connectivity index (χ0v) is 15.2. The average Bonchev–Trinajstić information content (AvgIpc) is 3.23. The number of fused-ring (bicyclic) bond motifs is 2. The second kappa shape index (κ2) is 5.78. The van der Waals surface area contributed by atoms with Gasteiger partial charge in [0.25, 0.3) is 0 Å². The summed E-state index contributed by atoms with van der Waals surface area (Å²) in [5.41, 5.74) is 8.88. The summed E-state index contributed by atoms with van der Waals surface area (Å²) in [4.78, 5) is 17.3. The van der Waals surface area contributed by atoms with Crippen LogP contribution in [0.15, 0.2) is 63.8 Å². The first-order chi connectivity index (χ1) is 13.1. The number of thiazole rings is 1. The van der Waals surface area contributed by atoms with E-state index < -0.39 is 0 Å². The van der Waals surface area contributed by atoms with Crippen LogP contribution in [0.3, 0.4) is 0 Å². The number of aryl methyl sites for hydroxylation is 1. The zero-order valence-electron chi connectivity index (χ0n) is 14.3. The molecule has 2 aromatic carbocycles. The van der Waals surface area contributed by atoms with Crippen LogP contribution in [0.2, 0.25) is 0 Å². The Hall–Kier alpha value is -3.45. The molecule has 0 saturated carbocycles. The van der Waals surface area contributed by atoms with Gasteiger partial charge in [0.05, 0.1) is 10.2 Å². The van der Waals surface area contributed by atoms with Crippen molar-refractivity contribution in [3.63, 3.8) is 0 Å². The fourth-order valence-corrected chi connectivity index (χ4v) is 3.93. The highest BCUT2D eigenvalue weighted by Gasteiger charge is 2.19. The molecule has 5 rings (SSSR count). The van der Waals surface area contributed by atoms with Gasteiger partial charge >= 0.3 is 0 Å². The van der Waals surface area contributed by atoms with Crippen LogP contribution in [-0.4, -0.2) is 14.8 Å². The second-order valence-corrected chi connectivity index (χ2v) is 7.29. The van der Waals surface area contributed by atoms with Gasteiger partial charge in [-0.15, -0.1) is 5.10 Å². The van der Waals surface area contributed by atoms with Gasteiger partial charge in [-0.05, 0) is 19.1 Å². The summed E-state index contributed by atoms with van der Waals surface area (Å²) in [6.45, 7) is 2.01. The third-order valence-electron chi connectivity index (χ3n) is 4.39. The standard InChI is InChI=1S/C20H14N4O2S/c1-11-6-8-12(9-7-11)15-10-14(25)17-18(21)23-24(19(17)26-15)20-22-13-4-2-3-5-16(13)27-20/h2-10H,1H3,(H2,21,23). The highest BCUT2D eigenvalue weighted by atomic mass is 32.1. The van der Waals surface area contributed by atoms with E-state index in [-0.39, 0.29) is 16.6 Å². The number of nitrogens with zero attached hydrogens (tertiary/aromatic N) is 3. The maximum atomic E-state index is 12.7. The van der Waals surface area contributed by atoms with Crippen LogP contribution in [0.25, 0.3) is 37.8 Å². The highest BCUT2D eigenvalue weighted by Crippen LogP contribution is 2.30. The molecule has 0 aliphatic carbocycles. The van der Waals surface area contributed by atoms with Crippen molar-refractivity contribution in [1.82, 2.24) is 14.8 Å². The number of benzene rings is 2. The van der Waals surface area contributed by atoms with Gasteiger partial charge in [-0.3, -0.25) is 4.79 Å². The molecule has 0 atom stereocenters. The van der Waals surface area contributed by atoms with E-state index in [2.05, 4.69) is 10.1 Å². The molecule has 0 saturated heterocycles. The number of rotatable bonds is 2. The molecule has 0 bridgehead atoms. The van der Waals surface area contributed by atoms with Crippen molar-refractivity contribution in [2.24, 2.45) is 0 Å². The molecular formula is C20H14N4O2S. The Kier molecular flexibility index (Phi) is 3.38. The van der Waals surface area contributed by atoms with E-state index in [0.29, 0.717) is 16.6 Å². The van der Waals surface area contributed by atoms with Crippen LogP contribution >= 0.6 is 11.3 Å². The minimum absolute atomic E-state index is 0.133. The van der Waals surface area contributed by atoms with Crippen molar-refractivity contribution in [2.45, 2.75) is 6.92 Å². The third-order valence-corrected chi connectivity index (χ3v) is 5.40. The first-order valence-corrected chi connectivity index (χ1v) is 9.17. The largest absolute Gasteiger partial charge is 0.437 e. The number of nitrogen functional groups attached to an aromatic ring is 1. The summed E-state index contributed by atoms with van der Waals surface area (Å²) >= 11 is 1.46. The molecule has 6 nitrogen and oxygen atoms in total. The normalized spacial score (nSPS) is 11.4. The maximum Gasteiger partial charge on any atom is 0.238 e. The number of hydrogen-bond donors (Lipinski definition) is 1. The van der Waals surface area contributed by atoms with Gasteiger partial charge in [-0.2, -0.15) is 4.68 Å². The molecule has 0 aliphatic rings. The topological polar surface area (TPSA) is 86.9 Å². The summed E-state index contributed by atoms with van der Waals surface area (Å²) in [6.07, 6.45) is 0. The number of para-hydroxylation sites is 1. The number of hydrogen-bond acceptors (Lipinski definition) is 6. The predicted octanol–water partition coefficient (Wildman–Crippen LogP) is 4.15.